The average molecular weight is 264 g/mol. The summed E-state index contributed by atoms with van der Waals surface area (Å²) < 4.78 is 9.88. The van der Waals surface area contributed by atoms with Crippen molar-refractivity contribution in [2.45, 2.75) is 13.0 Å². The molecule has 0 amide bonds. The van der Waals surface area contributed by atoms with Crippen LogP contribution in [0.2, 0.25) is 10.2 Å². The number of esters is 1. The van der Waals surface area contributed by atoms with Gasteiger partial charge < -0.3 is 9.47 Å². The van der Waals surface area contributed by atoms with Crippen LogP contribution < -0.4 is 0 Å². The third-order valence-electron chi connectivity index (χ3n) is 1.71. The number of nitrogens with zero attached hydrogens (tertiary/aromatic N) is 1. The number of hydrogen-bond acceptors (Lipinski definition) is 4. The molecule has 0 spiro atoms. The number of aromatic nitrogens is 1. The van der Waals surface area contributed by atoms with E-state index in [9.17, 15) is 4.79 Å². The minimum absolute atomic E-state index is 0.0112. The fraction of sp³-hybridized carbons (Fsp3) is 0.400. The molecule has 1 aromatic heterocycles. The number of halogens is 2. The maximum absolute atomic E-state index is 11.6. The first kappa shape index (κ1) is 13.2. The van der Waals surface area contributed by atoms with E-state index >= 15 is 0 Å². The van der Waals surface area contributed by atoms with Crippen molar-refractivity contribution in [2.24, 2.45) is 0 Å². The summed E-state index contributed by atoms with van der Waals surface area (Å²) in [5.74, 6) is -0.614. The first-order valence-electron chi connectivity index (χ1n) is 4.56. The van der Waals surface area contributed by atoms with Gasteiger partial charge >= 0.3 is 5.97 Å². The number of carbonyl (C=O) groups excluding carboxylic acids is 1. The van der Waals surface area contributed by atoms with Crippen molar-refractivity contribution in [3.05, 3.63) is 28.0 Å². The van der Waals surface area contributed by atoms with E-state index < -0.39 is 5.97 Å². The monoisotopic (exact) mass is 263 g/mol. The Kier molecular flexibility index (Phi) is 4.99. The zero-order chi connectivity index (χ0) is 12.1. The molecule has 0 saturated heterocycles. The van der Waals surface area contributed by atoms with Crippen LogP contribution in [0.25, 0.3) is 0 Å². The van der Waals surface area contributed by atoms with Gasteiger partial charge in [-0.1, -0.05) is 23.2 Å². The van der Waals surface area contributed by atoms with Crippen molar-refractivity contribution in [3.63, 3.8) is 0 Å². The van der Waals surface area contributed by atoms with E-state index in [2.05, 4.69) is 4.98 Å². The van der Waals surface area contributed by atoms with E-state index in [0.29, 0.717) is 6.61 Å². The molecule has 0 aliphatic heterocycles. The second-order valence-electron chi connectivity index (χ2n) is 3.14. The predicted octanol–water partition coefficient (Wildman–Crippen LogP) is 2.58. The SMILES string of the molecule is COCC(C)OC(=O)c1nc(Cl)ccc1Cl. The first-order valence-corrected chi connectivity index (χ1v) is 5.32. The van der Waals surface area contributed by atoms with Crippen molar-refractivity contribution < 1.29 is 14.3 Å². The molecule has 1 atom stereocenters. The van der Waals surface area contributed by atoms with Crippen molar-refractivity contribution in [2.75, 3.05) is 13.7 Å². The fourth-order valence-corrected chi connectivity index (χ4v) is 1.40. The van der Waals surface area contributed by atoms with Crippen molar-refractivity contribution in [1.29, 1.82) is 0 Å². The maximum Gasteiger partial charge on any atom is 0.358 e. The number of rotatable bonds is 4. The first-order chi connectivity index (χ1) is 7.54. The Bertz CT molecular complexity index is 384. The Labute approximate surface area is 103 Å². The smallest absolute Gasteiger partial charge is 0.358 e. The lowest BCUT2D eigenvalue weighted by Crippen LogP contribution is -2.20. The van der Waals surface area contributed by atoms with Crippen LogP contribution in [0.15, 0.2) is 12.1 Å². The molecule has 0 aliphatic rings. The van der Waals surface area contributed by atoms with Crippen LogP contribution in [0.4, 0.5) is 0 Å². The second kappa shape index (κ2) is 6.03. The summed E-state index contributed by atoms with van der Waals surface area (Å²) in [7, 11) is 1.52. The van der Waals surface area contributed by atoms with E-state index in [1.54, 1.807) is 6.92 Å². The fourth-order valence-electron chi connectivity index (χ4n) is 1.07. The maximum atomic E-state index is 11.6. The largest absolute Gasteiger partial charge is 0.455 e. The molecule has 1 rings (SSSR count). The Hall–Kier alpha value is -0.840. The summed E-state index contributed by atoms with van der Waals surface area (Å²) in [5, 5.41) is 0.398. The van der Waals surface area contributed by atoms with Crippen LogP contribution in [0.5, 0.6) is 0 Å². The predicted molar refractivity (Wildman–Crippen MR) is 61.0 cm³/mol. The van der Waals surface area contributed by atoms with Gasteiger partial charge in [-0.15, -0.1) is 0 Å². The van der Waals surface area contributed by atoms with Gasteiger partial charge in [-0.05, 0) is 19.1 Å². The van der Waals surface area contributed by atoms with Crippen LogP contribution >= 0.6 is 23.2 Å². The lowest BCUT2D eigenvalue weighted by atomic mass is 10.3. The molecular weight excluding hydrogens is 253 g/mol. The Morgan fingerprint density at radius 2 is 2.19 bits per heavy atom. The summed E-state index contributed by atoms with van der Waals surface area (Å²) in [4.78, 5) is 15.4. The molecule has 1 unspecified atom stereocenters. The molecule has 0 aliphatic carbocycles. The summed E-state index contributed by atoms with van der Waals surface area (Å²) in [6.45, 7) is 2.02. The van der Waals surface area contributed by atoms with E-state index in [4.69, 9.17) is 32.7 Å². The molecule has 0 fully saturated rings. The lowest BCUT2D eigenvalue weighted by molar-refractivity contribution is 0.0114. The van der Waals surface area contributed by atoms with Gasteiger partial charge in [0, 0.05) is 7.11 Å². The highest BCUT2D eigenvalue weighted by atomic mass is 35.5. The van der Waals surface area contributed by atoms with Crippen LogP contribution in [0.1, 0.15) is 17.4 Å². The summed E-state index contributed by atoms with van der Waals surface area (Å²) >= 11 is 11.5. The molecule has 0 bridgehead atoms. The van der Waals surface area contributed by atoms with Gasteiger partial charge in [-0.25, -0.2) is 9.78 Å². The highest BCUT2D eigenvalue weighted by Crippen LogP contribution is 2.18. The van der Waals surface area contributed by atoms with Gasteiger partial charge in [0.2, 0.25) is 0 Å². The zero-order valence-corrected chi connectivity index (χ0v) is 10.4. The average Bonchev–Trinajstić information content (AvgIpc) is 2.21. The lowest BCUT2D eigenvalue weighted by Gasteiger charge is -2.12. The topological polar surface area (TPSA) is 48.4 Å². The highest BCUT2D eigenvalue weighted by Gasteiger charge is 2.17. The molecular formula is C10H11Cl2NO3. The minimum atomic E-state index is -0.614. The van der Waals surface area contributed by atoms with Gasteiger partial charge in [0.1, 0.15) is 11.3 Å². The highest BCUT2D eigenvalue weighted by molar-refractivity contribution is 6.34. The normalized spacial score (nSPS) is 12.2. The van der Waals surface area contributed by atoms with Gasteiger partial charge in [-0.3, -0.25) is 0 Å². The van der Waals surface area contributed by atoms with Crippen molar-refractivity contribution in [1.82, 2.24) is 4.98 Å². The van der Waals surface area contributed by atoms with Gasteiger partial charge in [-0.2, -0.15) is 0 Å². The number of methoxy groups -OCH3 is 1. The van der Waals surface area contributed by atoms with Crippen molar-refractivity contribution in [3.8, 4) is 0 Å². The van der Waals surface area contributed by atoms with Crippen LogP contribution in [-0.2, 0) is 9.47 Å². The standard InChI is InChI=1S/C10H11Cl2NO3/c1-6(5-15-2)16-10(14)9-7(11)3-4-8(12)13-9/h3-4,6H,5H2,1-2H3. The zero-order valence-electron chi connectivity index (χ0n) is 8.87. The number of ether oxygens (including phenoxy) is 2. The van der Waals surface area contributed by atoms with Crippen LogP contribution in [0.3, 0.4) is 0 Å². The molecule has 0 N–H and O–H groups in total. The molecule has 1 heterocycles. The van der Waals surface area contributed by atoms with E-state index in [-0.39, 0.29) is 22.0 Å². The van der Waals surface area contributed by atoms with E-state index in [1.807, 2.05) is 0 Å². The molecule has 1 aromatic rings. The summed E-state index contributed by atoms with van der Waals surface area (Å²) in [6.07, 6.45) is -0.366. The molecule has 0 radical (unpaired) electrons. The molecule has 88 valence electrons. The Morgan fingerprint density at radius 1 is 1.50 bits per heavy atom. The number of carbonyl (C=O) groups is 1. The number of pyridine rings is 1. The molecule has 16 heavy (non-hydrogen) atoms. The summed E-state index contributed by atoms with van der Waals surface area (Å²) in [6, 6.07) is 2.99. The van der Waals surface area contributed by atoms with Gasteiger partial charge in [0.25, 0.3) is 0 Å². The molecule has 0 aromatic carbocycles. The third-order valence-corrected chi connectivity index (χ3v) is 2.23. The summed E-state index contributed by atoms with van der Waals surface area (Å²) in [5.41, 5.74) is 0.0112. The van der Waals surface area contributed by atoms with Crippen LogP contribution in [0, 0.1) is 0 Å². The van der Waals surface area contributed by atoms with E-state index in [1.165, 1.54) is 19.2 Å². The molecule has 6 heteroatoms. The van der Waals surface area contributed by atoms with Crippen LogP contribution in [-0.4, -0.2) is 30.8 Å². The van der Waals surface area contributed by atoms with Crippen molar-refractivity contribution >= 4 is 29.2 Å². The molecule has 0 saturated carbocycles. The molecule has 4 nitrogen and oxygen atoms in total. The quantitative estimate of drug-likeness (QED) is 0.619. The Morgan fingerprint density at radius 3 is 2.81 bits per heavy atom. The van der Waals surface area contributed by atoms with E-state index in [0.717, 1.165) is 0 Å². The second-order valence-corrected chi connectivity index (χ2v) is 3.93. The Balaban J connectivity index is 2.76. The minimum Gasteiger partial charge on any atom is -0.455 e. The third kappa shape index (κ3) is 3.63. The number of hydrogen-bond donors (Lipinski definition) is 0. The van der Waals surface area contributed by atoms with Gasteiger partial charge in [0.15, 0.2) is 5.69 Å². The van der Waals surface area contributed by atoms with Gasteiger partial charge in [0.05, 0.1) is 11.6 Å².